The van der Waals surface area contributed by atoms with E-state index in [0.717, 1.165) is 93.8 Å². The fraction of sp³-hybridized carbons (Fsp3) is 0.448. The number of aromatic nitrogens is 2. The van der Waals surface area contributed by atoms with Gasteiger partial charge in [0.05, 0.1) is 52.9 Å². The largest absolute Gasteiger partial charge is 0.493 e. The molecule has 5 aliphatic rings. The zero-order chi connectivity index (χ0) is 54.5. The van der Waals surface area contributed by atoms with Crippen molar-refractivity contribution < 1.29 is 46.6 Å². The first kappa shape index (κ1) is 53.2. The number of halogens is 1. The van der Waals surface area contributed by atoms with E-state index < -0.39 is 42.9 Å². The number of fused-ring (bicyclic) bond motifs is 1. The summed E-state index contributed by atoms with van der Waals surface area (Å²) in [6, 6.07) is 25.5. The Morgan fingerprint density at radius 1 is 1.00 bits per heavy atom. The third-order valence-electron chi connectivity index (χ3n) is 16.6. The molecule has 412 valence electrons. The molecule has 3 aliphatic heterocycles. The third kappa shape index (κ3) is 11.1. The van der Waals surface area contributed by atoms with Crippen LogP contribution in [-0.4, -0.2) is 121 Å². The molecule has 78 heavy (non-hydrogen) atoms. The van der Waals surface area contributed by atoms with E-state index in [4.69, 9.17) is 18.9 Å². The van der Waals surface area contributed by atoms with Crippen LogP contribution in [0.2, 0.25) is 0 Å². The topological polar surface area (TPSA) is 214 Å². The van der Waals surface area contributed by atoms with Crippen LogP contribution in [-0.2, 0) is 21.3 Å². The molecule has 0 unspecified atom stereocenters. The molecule has 5 fully saturated rings. The standard InChI is InChI=1S/C58H67FN8O10S/c1-36(2)44-7-5-6-8-45(44)51-31-64(30-38-9-14-52(54(21-38)74-4)77-42-32-75-33-42)19-20-66(51)40-25-58(26-40)34-65(35-58)39-10-12-46(53(22-39)76-41-23-47-48(59)29-62-55(47)61-28-41)56(68)63-78(72,73)43-11-13-49(50(24-43)67(70)71)60-27-37-15-17-57(3,69)18-16-37/h5-14,21-24,28-29,36-37,40,42,51,60,69H,15-20,25-27,30-35H2,1-4H3,(H,61,62)(H,63,68)/t37?,51-,57?/m0/s1. The second kappa shape index (κ2) is 21.4. The minimum absolute atomic E-state index is 0.00972. The Labute approximate surface area is 453 Å². The van der Waals surface area contributed by atoms with Crippen molar-refractivity contribution in [3.63, 3.8) is 0 Å². The molecule has 11 rings (SSSR count). The fourth-order valence-electron chi connectivity index (χ4n) is 12.1. The number of anilines is 2. The highest BCUT2D eigenvalue weighted by Crippen LogP contribution is 2.54. The number of rotatable bonds is 18. The number of sulfonamides is 1. The van der Waals surface area contributed by atoms with E-state index in [1.54, 1.807) is 26.2 Å². The SMILES string of the molecule is COc1cc(CN2CCN(C3CC4(C3)CN(c3ccc(C(=O)NS(=O)(=O)c5ccc(NCC6CCC(C)(O)CC6)c([N+](=O)[O-])c5)c(Oc5cnc6[nH]cc(F)c6c5)c3)C4)[C@H](c3ccccc3C(C)C)C2)ccc1OC1COC1. The number of ether oxygens (including phenoxy) is 4. The van der Waals surface area contributed by atoms with Gasteiger partial charge in [0.25, 0.3) is 21.6 Å². The molecule has 3 saturated heterocycles. The molecule has 4 N–H and O–H groups in total. The van der Waals surface area contributed by atoms with Crippen LogP contribution in [0.15, 0.2) is 102 Å². The molecule has 20 heteroatoms. The van der Waals surface area contributed by atoms with Gasteiger partial charge < -0.3 is 39.3 Å². The summed E-state index contributed by atoms with van der Waals surface area (Å²) in [6.07, 6.45) is 7.35. The number of carbonyl (C=O) groups excluding carboxylic acids is 1. The molecule has 6 aromatic rings. The predicted molar refractivity (Wildman–Crippen MR) is 293 cm³/mol. The molecule has 1 spiro atoms. The molecule has 0 bridgehead atoms. The van der Waals surface area contributed by atoms with Gasteiger partial charge in [0, 0.05) is 87.3 Å². The van der Waals surface area contributed by atoms with Crippen LogP contribution in [0.25, 0.3) is 11.0 Å². The molecule has 4 aromatic carbocycles. The third-order valence-corrected chi connectivity index (χ3v) is 17.9. The van der Waals surface area contributed by atoms with E-state index in [-0.39, 0.29) is 51.6 Å². The number of piperazine rings is 1. The molecule has 0 radical (unpaired) electrons. The van der Waals surface area contributed by atoms with E-state index in [1.165, 1.54) is 47.8 Å². The smallest absolute Gasteiger partial charge is 0.293 e. The van der Waals surface area contributed by atoms with Crippen molar-refractivity contribution in [2.45, 2.75) is 100 Å². The van der Waals surface area contributed by atoms with Crippen molar-refractivity contribution in [3.05, 3.63) is 136 Å². The first-order valence-electron chi connectivity index (χ1n) is 26.9. The van der Waals surface area contributed by atoms with Crippen molar-refractivity contribution in [3.8, 4) is 23.0 Å². The molecule has 1 amide bonds. The molecular weight excluding hydrogens is 1020 g/mol. The summed E-state index contributed by atoms with van der Waals surface area (Å²) in [4.78, 5) is 39.8. The first-order chi connectivity index (χ1) is 37.4. The highest BCUT2D eigenvalue weighted by Gasteiger charge is 2.55. The normalized spacial score (nSPS) is 21.9. The number of aliphatic hydroxyl groups is 1. The number of benzene rings is 4. The first-order valence-corrected chi connectivity index (χ1v) is 28.4. The van der Waals surface area contributed by atoms with Crippen LogP contribution in [0.1, 0.15) is 98.3 Å². The van der Waals surface area contributed by atoms with Crippen LogP contribution in [0, 0.1) is 27.3 Å². The monoisotopic (exact) mass is 1090 g/mol. The van der Waals surface area contributed by atoms with Gasteiger partial charge in [0.2, 0.25) is 0 Å². The average Bonchev–Trinajstić information content (AvgIpc) is 3.63. The summed E-state index contributed by atoms with van der Waals surface area (Å²) in [5.41, 5.74) is 3.82. The van der Waals surface area contributed by atoms with Crippen molar-refractivity contribution in [1.29, 1.82) is 0 Å². The summed E-state index contributed by atoms with van der Waals surface area (Å²) in [6.45, 7) is 12.9. The van der Waals surface area contributed by atoms with Gasteiger partial charge in [-0.3, -0.25) is 24.7 Å². The number of nitrogens with one attached hydrogen (secondary N) is 3. The maximum Gasteiger partial charge on any atom is 0.293 e. The number of carbonyl (C=O) groups is 1. The lowest BCUT2D eigenvalue weighted by atomic mass is 9.59. The quantitative estimate of drug-likeness (QED) is 0.0466. The van der Waals surface area contributed by atoms with E-state index in [9.17, 15) is 32.8 Å². The van der Waals surface area contributed by atoms with Gasteiger partial charge in [-0.15, -0.1) is 0 Å². The van der Waals surface area contributed by atoms with Crippen LogP contribution in [0.3, 0.4) is 0 Å². The molecule has 18 nitrogen and oxygen atoms in total. The van der Waals surface area contributed by atoms with Gasteiger partial charge in [-0.25, -0.2) is 22.5 Å². The van der Waals surface area contributed by atoms with Crippen LogP contribution in [0.4, 0.5) is 21.5 Å². The summed E-state index contributed by atoms with van der Waals surface area (Å²) in [7, 11) is -2.98. The van der Waals surface area contributed by atoms with Crippen LogP contribution < -0.4 is 29.1 Å². The molecule has 5 heterocycles. The summed E-state index contributed by atoms with van der Waals surface area (Å²) in [5.74, 6) is 0.530. The zero-order valence-electron chi connectivity index (χ0n) is 44.4. The lowest BCUT2D eigenvalue weighted by Crippen LogP contribution is -2.68. The van der Waals surface area contributed by atoms with Crippen LogP contribution >= 0.6 is 0 Å². The van der Waals surface area contributed by atoms with Gasteiger partial charge in [0.15, 0.2) is 11.5 Å². The minimum atomic E-state index is -4.65. The van der Waals surface area contributed by atoms with Crippen molar-refractivity contribution >= 4 is 44.0 Å². The molecule has 1 atom stereocenters. The maximum absolute atomic E-state index is 14.8. The van der Waals surface area contributed by atoms with Gasteiger partial charge in [0.1, 0.15) is 34.8 Å². The lowest BCUT2D eigenvalue weighted by molar-refractivity contribution is -0.384. The highest BCUT2D eigenvalue weighted by atomic mass is 32.2. The molecule has 2 aromatic heterocycles. The predicted octanol–water partition coefficient (Wildman–Crippen LogP) is 9.31. The van der Waals surface area contributed by atoms with Crippen LogP contribution in [0.5, 0.6) is 23.0 Å². The summed E-state index contributed by atoms with van der Waals surface area (Å²) in [5, 5.41) is 25.9. The summed E-state index contributed by atoms with van der Waals surface area (Å²) >= 11 is 0. The minimum Gasteiger partial charge on any atom is -0.493 e. The second-order valence-electron chi connectivity index (χ2n) is 22.6. The Hall–Kier alpha value is -6.84. The number of hydrogen-bond donors (Lipinski definition) is 4. The number of aromatic amines is 1. The number of nitrogens with zero attached hydrogens (tertiary/aromatic N) is 5. The zero-order valence-corrected chi connectivity index (χ0v) is 45.2. The number of H-pyrrole nitrogens is 1. The van der Waals surface area contributed by atoms with Gasteiger partial charge in [-0.1, -0.05) is 44.2 Å². The highest BCUT2D eigenvalue weighted by molar-refractivity contribution is 7.90. The van der Waals surface area contributed by atoms with Crippen molar-refractivity contribution in [2.75, 3.05) is 69.8 Å². The van der Waals surface area contributed by atoms with E-state index >= 15 is 0 Å². The Morgan fingerprint density at radius 2 is 1.78 bits per heavy atom. The van der Waals surface area contributed by atoms with E-state index in [1.807, 2.05) is 6.07 Å². The van der Waals surface area contributed by atoms with Gasteiger partial charge in [-0.05, 0) is 116 Å². The number of nitro benzene ring substituents is 1. The number of methoxy groups -OCH3 is 1. The fourth-order valence-corrected chi connectivity index (χ4v) is 13.1. The van der Waals surface area contributed by atoms with Crippen molar-refractivity contribution in [1.82, 2.24) is 24.5 Å². The molecular formula is C58H67FN8O10S. The van der Waals surface area contributed by atoms with E-state index in [0.29, 0.717) is 50.2 Å². The van der Waals surface area contributed by atoms with Gasteiger partial charge >= 0.3 is 0 Å². The Kier molecular flexibility index (Phi) is 14.6. The Morgan fingerprint density at radius 3 is 2.51 bits per heavy atom. The maximum atomic E-state index is 14.8. The number of pyridine rings is 1. The number of nitro groups is 1. The number of hydrogen-bond acceptors (Lipinski definition) is 15. The Bertz CT molecular complexity index is 3330. The average molecular weight is 1090 g/mol. The molecule has 2 aliphatic carbocycles. The van der Waals surface area contributed by atoms with E-state index in [2.05, 4.69) is 85.0 Å². The lowest BCUT2D eigenvalue weighted by Gasteiger charge is -2.63. The second-order valence-corrected chi connectivity index (χ2v) is 24.3. The Balaban J connectivity index is 0.786. The number of amides is 1. The molecule has 2 saturated carbocycles. The van der Waals surface area contributed by atoms with Crippen molar-refractivity contribution in [2.24, 2.45) is 11.3 Å². The van der Waals surface area contributed by atoms with Gasteiger partial charge in [-0.2, -0.15) is 0 Å². The summed E-state index contributed by atoms with van der Waals surface area (Å²) < 4.78 is 68.0.